The van der Waals surface area contributed by atoms with Crippen molar-refractivity contribution in [3.63, 3.8) is 0 Å². The lowest BCUT2D eigenvalue weighted by atomic mass is 9.91. The van der Waals surface area contributed by atoms with Crippen molar-refractivity contribution in [1.29, 1.82) is 5.26 Å². The molecule has 43 heavy (non-hydrogen) atoms. The van der Waals surface area contributed by atoms with Crippen molar-refractivity contribution in [3.05, 3.63) is 95.2 Å². The fourth-order valence-corrected chi connectivity index (χ4v) is 4.78. The Morgan fingerprint density at radius 2 is 1.67 bits per heavy atom. The third kappa shape index (κ3) is 6.86. The van der Waals surface area contributed by atoms with E-state index in [1.54, 1.807) is 51.4 Å². The molecule has 3 aromatic rings. The summed E-state index contributed by atoms with van der Waals surface area (Å²) in [7, 11) is 3.25. The molecule has 0 saturated heterocycles. The maximum absolute atomic E-state index is 13.8. The van der Waals surface area contributed by atoms with Gasteiger partial charge in [-0.2, -0.15) is 18.4 Å². The van der Waals surface area contributed by atoms with Crippen LogP contribution in [0.2, 0.25) is 0 Å². The minimum atomic E-state index is -4.64. The van der Waals surface area contributed by atoms with Gasteiger partial charge in [-0.3, -0.25) is 9.69 Å². The molecule has 0 fully saturated rings. The van der Waals surface area contributed by atoms with Gasteiger partial charge in [-0.15, -0.1) is 0 Å². The van der Waals surface area contributed by atoms with Crippen LogP contribution in [0.3, 0.4) is 0 Å². The summed E-state index contributed by atoms with van der Waals surface area (Å²) < 4.78 is 40.8. The summed E-state index contributed by atoms with van der Waals surface area (Å²) in [5.41, 5.74) is 2.62. The van der Waals surface area contributed by atoms with Crippen LogP contribution in [0.15, 0.2) is 78.5 Å². The van der Waals surface area contributed by atoms with Crippen LogP contribution in [0.1, 0.15) is 36.5 Å². The molecule has 5 amide bonds. The van der Waals surface area contributed by atoms with E-state index in [-0.39, 0.29) is 31.1 Å². The number of nitrogens with zero attached hydrogens (tertiary/aromatic N) is 4. The summed E-state index contributed by atoms with van der Waals surface area (Å²) in [6, 6.07) is 19.1. The second-order valence-electron chi connectivity index (χ2n) is 10.2. The van der Waals surface area contributed by atoms with Crippen LogP contribution in [0.4, 0.5) is 28.4 Å². The fraction of sp³-hybridized carbons (Fsp3) is 0.250. The van der Waals surface area contributed by atoms with Crippen molar-refractivity contribution >= 4 is 29.2 Å². The molecule has 4 rings (SSSR count). The summed E-state index contributed by atoms with van der Waals surface area (Å²) in [5, 5.41) is 11.9. The van der Waals surface area contributed by atoms with Gasteiger partial charge in [0.25, 0.3) is 0 Å². The van der Waals surface area contributed by atoms with Gasteiger partial charge in [-0.05, 0) is 65.9 Å². The number of amides is 5. The smallest absolute Gasteiger partial charge is 0.349 e. The minimum absolute atomic E-state index is 0.0419. The number of rotatable bonds is 7. The van der Waals surface area contributed by atoms with Gasteiger partial charge in [0.05, 0.1) is 29.4 Å². The van der Waals surface area contributed by atoms with Crippen LogP contribution >= 0.6 is 0 Å². The molecule has 0 radical (unpaired) electrons. The van der Waals surface area contributed by atoms with Crippen molar-refractivity contribution in [1.82, 2.24) is 15.1 Å². The second-order valence-corrected chi connectivity index (χ2v) is 10.2. The van der Waals surface area contributed by atoms with Crippen molar-refractivity contribution < 1.29 is 27.6 Å². The molecule has 222 valence electrons. The lowest BCUT2D eigenvalue weighted by Gasteiger charge is -2.37. The van der Waals surface area contributed by atoms with Gasteiger partial charge in [0.2, 0.25) is 5.91 Å². The van der Waals surface area contributed by atoms with Gasteiger partial charge in [-0.25, -0.2) is 14.5 Å². The Bertz CT molecular complexity index is 1610. The zero-order valence-electron chi connectivity index (χ0n) is 23.9. The van der Waals surface area contributed by atoms with Crippen LogP contribution in [-0.2, 0) is 11.0 Å². The van der Waals surface area contributed by atoms with Crippen LogP contribution < -0.4 is 10.2 Å². The number of carbonyl (C=O) groups is 3. The number of halogens is 3. The number of hydrogen-bond donors (Lipinski definition) is 1. The Balaban J connectivity index is 1.77. The van der Waals surface area contributed by atoms with Crippen LogP contribution in [0.5, 0.6) is 0 Å². The van der Waals surface area contributed by atoms with E-state index in [4.69, 9.17) is 0 Å². The topological polar surface area (TPSA) is 96.7 Å². The molecule has 0 aromatic heterocycles. The summed E-state index contributed by atoms with van der Waals surface area (Å²) in [6.45, 7) is 1.60. The molecule has 0 bridgehead atoms. The first-order chi connectivity index (χ1) is 20.4. The van der Waals surface area contributed by atoms with E-state index >= 15 is 0 Å². The van der Waals surface area contributed by atoms with E-state index < -0.39 is 23.8 Å². The average molecular weight is 590 g/mol. The van der Waals surface area contributed by atoms with E-state index in [2.05, 4.69) is 11.4 Å². The first kappa shape index (κ1) is 30.8. The lowest BCUT2D eigenvalue weighted by Crippen LogP contribution is -2.53. The van der Waals surface area contributed by atoms with E-state index in [1.165, 1.54) is 17.0 Å². The molecule has 0 saturated carbocycles. The monoisotopic (exact) mass is 589 g/mol. The molecule has 1 N–H and O–H groups in total. The summed E-state index contributed by atoms with van der Waals surface area (Å²) in [5.74, 6) is -0.112. The highest BCUT2D eigenvalue weighted by Crippen LogP contribution is 2.38. The second kappa shape index (κ2) is 12.8. The Hall–Kier alpha value is -5.11. The number of allylic oxidation sites excluding steroid dienone is 1. The molecular weight excluding hydrogens is 559 g/mol. The molecule has 8 nitrogen and oxygen atoms in total. The molecule has 0 spiro atoms. The van der Waals surface area contributed by atoms with E-state index in [9.17, 15) is 32.8 Å². The highest BCUT2D eigenvalue weighted by atomic mass is 19.4. The van der Waals surface area contributed by atoms with Crippen molar-refractivity contribution in [2.75, 3.05) is 32.1 Å². The molecule has 11 heteroatoms. The molecule has 1 aliphatic rings. The van der Waals surface area contributed by atoms with E-state index in [0.717, 1.165) is 33.1 Å². The van der Waals surface area contributed by atoms with Crippen LogP contribution in [0.25, 0.3) is 16.7 Å². The fourth-order valence-electron chi connectivity index (χ4n) is 4.78. The Labute approximate surface area is 247 Å². The number of benzene rings is 3. The SMILES string of the molecule is CC1=C(c2ccccc2-c2ccc(C#N)cc2)CN(C(=O)NCCCC(=O)N(C)C)C(=O)N1c1cccc(C(F)(F)F)c1. The number of imide groups is 1. The standard InChI is InChI=1S/C32H30F3N5O3/c1-21-28(27-11-5-4-10-26(27)23-15-13-22(19-36)14-16-23)20-39(30(42)37-17-7-12-29(41)38(2)3)31(43)40(21)25-9-6-8-24(18-25)32(33,34)35/h4-6,8-11,13-16,18H,7,12,17,20H2,1-3H3,(H,37,42). The summed E-state index contributed by atoms with van der Waals surface area (Å²) in [4.78, 5) is 42.5. The van der Waals surface area contributed by atoms with Gasteiger partial charge in [-0.1, -0.05) is 42.5 Å². The predicted molar refractivity (Wildman–Crippen MR) is 157 cm³/mol. The molecule has 3 aromatic carbocycles. The lowest BCUT2D eigenvalue weighted by molar-refractivity contribution is -0.137. The van der Waals surface area contributed by atoms with Gasteiger partial charge >= 0.3 is 18.2 Å². The molecule has 0 aliphatic carbocycles. The summed E-state index contributed by atoms with van der Waals surface area (Å²) >= 11 is 0. The van der Waals surface area contributed by atoms with Crippen molar-refractivity contribution in [2.45, 2.75) is 25.9 Å². The highest BCUT2D eigenvalue weighted by molar-refractivity contribution is 6.09. The van der Waals surface area contributed by atoms with E-state index in [1.807, 2.05) is 18.2 Å². The first-order valence-corrected chi connectivity index (χ1v) is 13.5. The zero-order chi connectivity index (χ0) is 31.3. The van der Waals surface area contributed by atoms with Crippen molar-refractivity contribution in [2.24, 2.45) is 0 Å². The van der Waals surface area contributed by atoms with Gasteiger partial charge in [0.15, 0.2) is 0 Å². The number of nitriles is 1. The number of anilines is 1. The molecule has 1 aliphatic heterocycles. The largest absolute Gasteiger partial charge is 0.416 e. The van der Waals surface area contributed by atoms with Gasteiger partial charge in [0, 0.05) is 32.8 Å². The minimum Gasteiger partial charge on any atom is -0.349 e. The molecule has 1 heterocycles. The number of urea groups is 2. The number of carbonyl (C=O) groups excluding carboxylic acids is 3. The Morgan fingerprint density at radius 1 is 1.00 bits per heavy atom. The van der Waals surface area contributed by atoms with Crippen LogP contribution in [-0.4, -0.2) is 55.0 Å². The average Bonchev–Trinajstić information content (AvgIpc) is 2.99. The maximum atomic E-state index is 13.8. The molecule has 0 unspecified atom stereocenters. The highest BCUT2D eigenvalue weighted by Gasteiger charge is 2.38. The van der Waals surface area contributed by atoms with Gasteiger partial charge < -0.3 is 10.2 Å². The maximum Gasteiger partial charge on any atom is 0.416 e. The number of nitrogens with one attached hydrogen (secondary N) is 1. The normalized spacial score (nSPS) is 13.6. The number of alkyl halides is 3. The third-order valence-electron chi connectivity index (χ3n) is 7.11. The zero-order valence-corrected chi connectivity index (χ0v) is 23.9. The summed E-state index contributed by atoms with van der Waals surface area (Å²) in [6.07, 6.45) is -4.11. The molecular formula is C32H30F3N5O3. The molecule has 0 atom stereocenters. The Morgan fingerprint density at radius 3 is 2.30 bits per heavy atom. The third-order valence-corrected chi connectivity index (χ3v) is 7.11. The predicted octanol–water partition coefficient (Wildman–Crippen LogP) is 6.50. The quantitative estimate of drug-likeness (QED) is 0.319. The Kier molecular flexibility index (Phi) is 9.19. The van der Waals surface area contributed by atoms with Crippen molar-refractivity contribution in [3.8, 4) is 17.2 Å². The first-order valence-electron chi connectivity index (χ1n) is 13.5. The van der Waals surface area contributed by atoms with Crippen LogP contribution in [0, 0.1) is 11.3 Å². The van der Waals surface area contributed by atoms with E-state index in [0.29, 0.717) is 28.8 Å². The van der Waals surface area contributed by atoms with Gasteiger partial charge in [0.1, 0.15) is 0 Å². The number of hydrogen-bond acceptors (Lipinski definition) is 4.